The monoisotopic (exact) mass is 303 g/mol. The second-order valence-electron chi connectivity index (χ2n) is 4.40. The van der Waals surface area contributed by atoms with E-state index in [9.17, 15) is 9.59 Å². The van der Waals surface area contributed by atoms with Crippen molar-refractivity contribution in [3.8, 4) is 0 Å². The van der Waals surface area contributed by atoms with Gasteiger partial charge in [0.1, 0.15) is 0 Å². The van der Waals surface area contributed by atoms with Crippen LogP contribution in [0.15, 0.2) is 48.5 Å². The molecule has 2 aromatic carbocycles. The van der Waals surface area contributed by atoms with E-state index in [1.807, 2.05) is 30.3 Å². The number of carbonyl (C=O) groups is 2. The van der Waals surface area contributed by atoms with Gasteiger partial charge in [-0.2, -0.15) is 0 Å². The van der Waals surface area contributed by atoms with Crippen molar-refractivity contribution >= 4 is 29.2 Å². The summed E-state index contributed by atoms with van der Waals surface area (Å²) in [6.07, 6.45) is 0.261. The van der Waals surface area contributed by atoms with Gasteiger partial charge in [-0.15, -0.1) is 0 Å². The largest absolute Gasteiger partial charge is 0.465 e. The summed E-state index contributed by atoms with van der Waals surface area (Å²) in [5.41, 5.74) is 1.63. The highest BCUT2D eigenvalue weighted by molar-refractivity contribution is 6.33. The molecule has 0 aliphatic rings. The van der Waals surface area contributed by atoms with Gasteiger partial charge in [0.2, 0.25) is 5.91 Å². The molecule has 2 aromatic rings. The van der Waals surface area contributed by atoms with Crippen molar-refractivity contribution in [2.24, 2.45) is 0 Å². The second kappa shape index (κ2) is 6.90. The first-order valence-corrected chi connectivity index (χ1v) is 6.69. The highest BCUT2D eigenvalue weighted by Crippen LogP contribution is 2.21. The summed E-state index contributed by atoms with van der Waals surface area (Å²) >= 11 is 5.92. The molecule has 2 rings (SSSR count). The third-order valence-electron chi connectivity index (χ3n) is 2.86. The van der Waals surface area contributed by atoms with Gasteiger partial charge in [-0.25, -0.2) is 4.79 Å². The van der Waals surface area contributed by atoms with Crippen LogP contribution in [-0.4, -0.2) is 19.0 Å². The third kappa shape index (κ3) is 4.07. The SMILES string of the molecule is COC(=O)c1cc(NC(=O)Cc2ccccc2)ccc1Cl. The van der Waals surface area contributed by atoms with E-state index in [-0.39, 0.29) is 22.9 Å². The number of carbonyl (C=O) groups excluding carboxylic acids is 2. The lowest BCUT2D eigenvalue weighted by Crippen LogP contribution is -2.15. The van der Waals surface area contributed by atoms with Gasteiger partial charge in [-0.05, 0) is 23.8 Å². The van der Waals surface area contributed by atoms with E-state index < -0.39 is 5.97 Å². The Hall–Kier alpha value is -2.33. The van der Waals surface area contributed by atoms with Crippen LogP contribution < -0.4 is 5.32 Å². The maximum Gasteiger partial charge on any atom is 0.339 e. The Morgan fingerprint density at radius 3 is 2.52 bits per heavy atom. The molecule has 5 heteroatoms. The number of halogens is 1. The van der Waals surface area contributed by atoms with Gasteiger partial charge in [0, 0.05) is 5.69 Å². The molecule has 0 bridgehead atoms. The van der Waals surface area contributed by atoms with Crippen LogP contribution in [0.5, 0.6) is 0 Å². The first-order valence-electron chi connectivity index (χ1n) is 6.32. The van der Waals surface area contributed by atoms with Crippen molar-refractivity contribution in [2.75, 3.05) is 12.4 Å². The highest BCUT2D eigenvalue weighted by Gasteiger charge is 2.12. The molecule has 0 aliphatic carbocycles. The minimum atomic E-state index is -0.542. The van der Waals surface area contributed by atoms with Gasteiger partial charge < -0.3 is 10.1 Å². The van der Waals surface area contributed by atoms with E-state index in [0.29, 0.717) is 5.69 Å². The molecule has 0 radical (unpaired) electrons. The van der Waals surface area contributed by atoms with Gasteiger partial charge in [0.15, 0.2) is 0 Å². The Morgan fingerprint density at radius 1 is 1.14 bits per heavy atom. The predicted octanol–water partition coefficient (Wildman–Crippen LogP) is 3.31. The van der Waals surface area contributed by atoms with Crippen molar-refractivity contribution in [1.82, 2.24) is 0 Å². The molecule has 0 spiro atoms. The average molecular weight is 304 g/mol. The Bertz CT molecular complexity index is 656. The molecule has 1 amide bonds. The summed E-state index contributed by atoms with van der Waals surface area (Å²) in [4.78, 5) is 23.5. The first-order chi connectivity index (χ1) is 10.1. The highest BCUT2D eigenvalue weighted by atomic mass is 35.5. The van der Waals surface area contributed by atoms with Crippen molar-refractivity contribution in [1.29, 1.82) is 0 Å². The van der Waals surface area contributed by atoms with Crippen LogP contribution in [0.1, 0.15) is 15.9 Å². The summed E-state index contributed by atoms with van der Waals surface area (Å²) in [5.74, 6) is -0.710. The molecule has 21 heavy (non-hydrogen) atoms. The van der Waals surface area contributed by atoms with Crippen LogP contribution in [-0.2, 0) is 16.0 Å². The minimum absolute atomic E-state index is 0.167. The number of ether oxygens (including phenoxy) is 1. The van der Waals surface area contributed by atoms with E-state index in [0.717, 1.165) is 5.56 Å². The van der Waals surface area contributed by atoms with Crippen molar-refractivity contribution in [3.63, 3.8) is 0 Å². The van der Waals surface area contributed by atoms with Gasteiger partial charge in [0.05, 0.1) is 24.1 Å². The van der Waals surface area contributed by atoms with E-state index in [4.69, 9.17) is 11.6 Å². The fourth-order valence-corrected chi connectivity index (χ4v) is 2.05. The number of methoxy groups -OCH3 is 1. The average Bonchev–Trinajstić information content (AvgIpc) is 2.49. The zero-order valence-corrected chi connectivity index (χ0v) is 12.2. The second-order valence-corrected chi connectivity index (χ2v) is 4.80. The zero-order valence-electron chi connectivity index (χ0n) is 11.4. The van der Waals surface area contributed by atoms with Gasteiger partial charge >= 0.3 is 5.97 Å². The quantitative estimate of drug-likeness (QED) is 0.882. The van der Waals surface area contributed by atoms with Crippen molar-refractivity contribution in [3.05, 3.63) is 64.7 Å². The van der Waals surface area contributed by atoms with Crippen LogP contribution in [0.4, 0.5) is 5.69 Å². The fourth-order valence-electron chi connectivity index (χ4n) is 1.86. The van der Waals surface area contributed by atoms with Crippen LogP contribution in [0.3, 0.4) is 0 Å². The summed E-state index contributed by atoms with van der Waals surface area (Å²) in [7, 11) is 1.28. The predicted molar refractivity (Wildman–Crippen MR) is 81.6 cm³/mol. The van der Waals surface area contributed by atoms with E-state index in [2.05, 4.69) is 10.1 Å². The Balaban J connectivity index is 2.09. The van der Waals surface area contributed by atoms with Crippen molar-refractivity contribution < 1.29 is 14.3 Å². The molecule has 0 saturated heterocycles. The maximum absolute atomic E-state index is 12.0. The number of amides is 1. The molecule has 0 fully saturated rings. The molecule has 108 valence electrons. The van der Waals surface area contributed by atoms with Crippen LogP contribution in [0, 0.1) is 0 Å². The van der Waals surface area contributed by atoms with Gasteiger partial charge in [0.25, 0.3) is 0 Å². The van der Waals surface area contributed by atoms with E-state index >= 15 is 0 Å². The minimum Gasteiger partial charge on any atom is -0.465 e. The Labute approximate surface area is 127 Å². The molecular weight excluding hydrogens is 290 g/mol. The molecule has 0 aliphatic heterocycles. The normalized spacial score (nSPS) is 10.0. The standard InChI is InChI=1S/C16H14ClNO3/c1-21-16(20)13-10-12(7-8-14(13)17)18-15(19)9-11-5-3-2-4-6-11/h2-8,10H,9H2,1H3,(H,18,19). The third-order valence-corrected chi connectivity index (χ3v) is 3.19. The molecule has 0 unspecified atom stereocenters. The number of hydrogen-bond donors (Lipinski definition) is 1. The topological polar surface area (TPSA) is 55.4 Å². The Kier molecular flexibility index (Phi) is 4.95. The number of benzene rings is 2. The lowest BCUT2D eigenvalue weighted by Gasteiger charge is -2.08. The summed E-state index contributed by atoms with van der Waals surface area (Å²) in [5, 5.41) is 3.01. The number of anilines is 1. The summed E-state index contributed by atoms with van der Waals surface area (Å²) in [6, 6.07) is 14.1. The molecule has 0 atom stereocenters. The molecule has 0 aromatic heterocycles. The number of esters is 1. The van der Waals surface area contributed by atoms with Crippen LogP contribution in [0.2, 0.25) is 5.02 Å². The zero-order chi connectivity index (χ0) is 15.2. The molecule has 0 saturated carbocycles. The molecule has 0 heterocycles. The lowest BCUT2D eigenvalue weighted by molar-refractivity contribution is -0.115. The first kappa shape index (κ1) is 15.1. The smallest absolute Gasteiger partial charge is 0.339 e. The lowest BCUT2D eigenvalue weighted by atomic mass is 10.1. The van der Waals surface area contributed by atoms with E-state index in [1.165, 1.54) is 13.2 Å². The molecular formula is C16H14ClNO3. The van der Waals surface area contributed by atoms with Gasteiger partial charge in [-0.3, -0.25) is 4.79 Å². The van der Waals surface area contributed by atoms with Crippen molar-refractivity contribution in [2.45, 2.75) is 6.42 Å². The van der Waals surface area contributed by atoms with Crippen LogP contribution >= 0.6 is 11.6 Å². The summed E-state index contributed by atoms with van der Waals surface area (Å²) in [6.45, 7) is 0. The van der Waals surface area contributed by atoms with E-state index in [1.54, 1.807) is 12.1 Å². The summed E-state index contributed by atoms with van der Waals surface area (Å²) < 4.78 is 4.64. The Morgan fingerprint density at radius 2 is 1.86 bits per heavy atom. The maximum atomic E-state index is 12.0. The van der Waals surface area contributed by atoms with Gasteiger partial charge in [-0.1, -0.05) is 41.9 Å². The van der Waals surface area contributed by atoms with Crippen LogP contribution in [0.25, 0.3) is 0 Å². The number of hydrogen-bond acceptors (Lipinski definition) is 3. The fraction of sp³-hybridized carbons (Fsp3) is 0.125. The number of rotatable bonds is 4. The number of nitrogens with one attached hydrogen (secondary N) is 1. The molecule has 1 N–H and O–H groups in total. The molecule has 4 nitrogen and oxygen atoms in total.